The van der Waals surface area contributed by atoms with E-state index >= 15 is 0 Å². The Kier molecular flexibility index (Phi) is 11.8. The molecule has 49 heavy (non-hydrogen) atoms. The third-order valence-corrected chi connectivity index (χ3v) is 9.27. The molecule has 3 N–H and O–H groups in total. The van der Waals surface area contributed by atoms with Gasteiger partial charge in [-0.15, -0.1) is 0 Å². The van der Waals surface area contributed by atoms with Gasteiger partial charge in [0, 0.05) is 64.2 Å². The molecule has 0 saturated carbocycles. The quantitative estimate of drug-likeness (QED) is 0.167. The van der Waals surface area contributed by atoms with Crippen LogP contribution in [0.1, 0.15) is 59.5 Å². The lowest BCUT2D eigenvalue weighted by atomic mass is 9.98. The summed E-state index contributed by atoms with van der Waals surface area (Å²) in [7, 11) is 0. The van der Waals surface area contributed by atoms with Crippen molar-refractivity contribution in [2.75, 3.05) is 32.7 Å². The van der Waals surface area contributed by atoms with E-state index < -0.39 is 12.3 Å². The molecule has 2 fully saturated rings. The molecule has 0 aliphatic carbocycles. The van der Waals surface area contributed by atoms with E-state index in [0.29, 0.717) is 6.54 Å². The molecule has 4 aromatic carbocycles. The molecule has 1 amide bonds. The molecule has 0 bridgehead atoms. The second kappa shape index (κ2) is 16.8. The topological polar surface area (TPSA) is 112 Å². The third-order valence-electron chi connectivity index (χ3n) is 9.27. The van der Waals surface area contributed by atoms with E-state index in [1.807, 2.05) is 66.7 Å². The van der Waals surface area contributed by atoms with E-state index in [4.69, 9.17) is 14.6 Å². The highest BCUT2D eigenvalue weighted by molar-refractivity contribution is 5.80. The first-order chi connectivity index (χ1) is 23.9. The zero-order chi connectivity index (χ0) is 34.0. The van der Waals surface area contributed by atoms with Crippen LogP contribution in [0.5, 0.6) is 0 Å². The molecule has 3 unspecified atom stereocenters. The molecular formula is C40H45N3O6. The van der Waals surface area contributed by atoms with Crippen LogP contribution in [0, 0.1) is 0 Å². The number of carbonyl (C=O) groups is 2. The average Bonchev–Trinajstić information content (AvgIpc) is 3.14. The number of nitrogens with one attached hydrogen (secondary N) is 1. The number of ether oxygens (including phenoxy) is 2. The van der Waals surface area contributed by atoms with Crippen molar-refractivity contribution >= 4 is 11.9 Å². The first-order valence-corrected chi connectivity index (χ1v) is 17.1. The monoisotopic (exact) mass is 663 g/mol. The molecule has 2 aliphatic heterocycles. The van der Waals surface area contributed by atoms with Crippen LogP contribution in [0.2, 0.25) is 0 Å². The van der Waals surface area contributed by atoms with Crippen molar-refractivity contribution < 1.29 is 29.3 Å². The van der Waals surface area contributed by atoms with Gasteiger partial charge in [0.15, 0.2) is 6.29 Å². The molecule has 256 valence electrons. The number of carboxylic acid groups (broad SMARTS) is 1. The van der Waals surface area contributed by atoms with Gasteiger partial charge in [0.05, 0.1) is 25.2 Å². The lowest BCUT2D eigenvalue weighted by Crippen LogP contribution is -2.49. The minimum absolute atomic E-state index is 0.00149. The lowest BCUT2D eigenvalue weighted by molar-refractivity contribution is -0.253. The number of carboxylic acids is 1. The van der Waals surface area contributed by atoms with Gasteiger partial charge in [0.25, 0.3) is 0 Å². The van der Waals surface area contributed by atoms with E-state index in [-0.39, 0.29) is 37.6 Å². The summed E-state index contributed by atoms with van der Waals surface area (Å²) < 4.78 is 13.4. The molecule has 0 aromatic heterocycles. The van der Waals surface area contributed by atoms with Crippen molar-refractivity contribution in [1.82, 2.24) is 15.1 Å². The van der Waals surface area contributed by atoms with Gasteiger partial charge in [0.2, 0.25) is 5.91 Å². The number of aliphatic hydroxyl groups is 1. The fourth-order valence-electron chi connectivity index (χ4n) is 6.53. The van der Waals surface area contributed by atoms with Crippen LogP contribution in [0.25, 0.3) is 11.1 Å². The number of benzene rings is 4. The van der Waals surface area contributed by atoms with Crippen LogP contribution >= 0.6 is 0 Å². The minimum Gasteiger partial charge on any atom is -0.481 e. The first kappa shape index (κ1) is 34.5. The summed E-state index contributed by atoms with van der Waals surface area (Å²) in [4.78, 5) is 27.9. The van der Waals surface area contributed by atoms with Gasteiger partial charge >= 0.3 is 5.97 Å². The highest BCUT2D eigenvalue weighted by atomic mass is 16.7. The number of amides is 1. The standard InChI is InChI=1S/C40H45N3O6/c44-28-30-12-14-32(15-13-30)37-24-36(27-43-20-18-42(19-21-43)26-29-6-2-1-3-7-29)48-40(49-37)35-11-5-10-34(23-35)33-9-4-8-31(22-33)25-41-38(45)16-17-39(46)47/h1-15,22-23,36-37,40,44H,16-21,24-28H2,(H,41,45)(H,46,47). The molecule has 6 rings (SSSR count). The minimum atomic E-state index is -0.988. The predicted molar refractivity (Wildman–Crippen MR) is 187 cm³/mol. The maximum Gasteiger partial charge on any atom is 0.303 e. The van der Waals surface area contributed by atoms with Crippen LogP contribution in [-0.4, -0.2) is 70.7 Å². The summed E-state index contributed by atoms with van der Waals surface area (Å²) in [6.07, 6.45) is -0.246. The highest BCUT2D eigenvalue weighted by Crippen LogP contribution is 2.39. The number of piperazine rings is 1. The lowest BCUT2D eigenvalue weighted by Gasteiger charge is -2.41. The van der Waals surface area contributed by atoms with Crippen molar-refractivity contribution in [1.29, 1.82) is 0 Å². The Morgan fingerprint density at radius 3 is 2.14 bits per heavy atom. The van der Waals surface area contributed by atoms with Crippen LogP contribution in [-0.2, 0) is 38.8 Å². The Hall–Kier alpha value is -4.38. The second-order valence-electron chi connectivity index (χ2n) is 12.9. The maximum absolute atomic E-state index is 12.1. The number of aliphatic carboxylic acids is 1. The number of nitrogens with zero attached hydrogens (tertiary/aromatic N) is 2. The smallest absolute Gasteiger partial charge is 0.303 e. The fourth-order valence-corrected chi connectivity index (χ4v) is 6.53. The summed E-state index contributed by atoms with van der Waals surface area (Å²) in [6, 6.07) is 34.8. The molecular weight excluding hydrogens is 618 g/mol. The summed E-state index contributed by atoms with van der Waals surface area (Å²) in [5.41, 5.74) is 7.13. The van der Waals surface area contributed by atoms with E-state index in [2.05, 4.69) is 51.5 Å². The average molecular weight is 664 g/mol. The summed E-state index contributed by atoms with van der Waals surface area (Å²) >= 11 is 0. The second-order valence-corrected chi connectivity index (χ2v) is 12.9. The van der Waals surface area contributed by atoms with Crippen molar-refractivity contribution in [3.8, 4) is 11.1 Å². The van der Waals surface area contributed by atoms with Gasteiger partial charge in [-0.25, -0.2) is 0 Å². The van der Waals surface area contributed by atoms with Gasteiger partial charge < -0.3 is 25.0 Å². The molecule has 2 heterocycles. The zero-order valence-corrected chi connectivity index (χ0v) is 27.7. The van der Waals surface area contributed by atoms with Crippen molar-refractivity contribution in [2.45, 2.75) is 57.5 Å². The van der Waals surface area contributed by atoms with E-state index in [0.717, 1.165) is 79.1 Å². The van der Waals surface area contributed by atoms with E-state index in [1.165, 1.54) is 5.56 Å². The van der Waals surface area contributed by atoms with Gasteiger partial charge in [0.1, 0.15) is 0 Å². The van der Waals surface area contributed by atoms with Crippen LogP contribution in [0.4, 0.5) is 0 Å². The molecule has 0 spiro atoms. The predicted octanol–water partition coefficient (Wildman–Crippen LogP) is 5.69. The highest BCUT2D eigenvalue weighted by Gasteiger charge is 2.34. The number of rotatable bonds is 13. The molecule has 4 aromatic rings. The number of carbonyl (C=O) groups excluding carboxylic acids is 1. The molecule has 9 nitrogen and oxygen atoms in total. The Morgan fingerprint density at radius 2 is 1.41 bits per heavy atom. The van der Waals surface area contributed by atoms with Crippen LogP contribution in [0.3, 0.4) is 0 Å². The Bertz CT molecular complexity index is 1670. The normalized spacial score (nSPS) is 20.1. The summed E-state index contributed by atoms with van der Waals surface area (Å²) in [5.74, 6) is -1.27. The van der Waals surface area contributed by atoms with Gasteiger partial charge in [-0.1, -0.05) is 91.0 Å². The Labute approximate surface area is 288 Å². The fraction of sp³-hybridized carbons (Fsp3) is 0.350. The molecule has 9 heteroatoms. The Morgan fingerprint density at radius 1 is 0.714 bits per heavy atom. The Balaban J connectivity index is 1.14. The first-order valence-electron chi connectivity index (χ1n) is 17.1. The number of aliphatic hydroxyl groups excluding tert-OH is 1. The van der Waals surface area contributed by atoms with E-state index in [9.17, 15) is 14.7 Å². The number of hydrogen-bond acceptors (Lipinski definition) is 7. The molecule has 3 atom stereocenters. The van der Waals surface area contributed by atoms with Gasteiger partial charge in [-0.3, -0.25) is 19.4 Å². The summed E-state index contributed by atoms with van der Waals surface area (Å²) in [6.45, 7) is 6.11. The summed E-state index contributed by atoms with van der Waals surface area (Å²) in [5, 5.41) is 21.2. The van der Waals surface area contributed by atoms with Gasteiger partial charge in [-0.2, -0.15) is 0 Å². The van der Waals surface area contributed by atoms with Crippen molar-refractivity contribution in [3.63, 3.8) is 0 Å². The zero-order valence-electron chi connectivity index (χ0n) is 27.7. The largest absolute Gasteiger partial charge is 0.481 e. The van der Waals surface area contributed by atoms with Crippen LogP contribution < -0.4 is 5.32 Å². The van der Waals surface area contributed by atoms with E-state index in [1.54, 1.807) is 0 Å². The molecule has 2 saturated heterocycles. The van der Waals surface area contributed by atoms with Crippen molar-refractivity contribution in [3.05, 3.63) is 131 Å². The molecule has 0 radical (unpaired) electrons. The maximum atomic E-state index is 12.1. The molecule has 2 aliphatic rings. The number of hydrogen-bond donors (Lipinski definition) is 3. The van der Waals surface area contributed by atoms with Crippen molar-refractivity contribution in [2.24, 2.45) is 0 Å². The SMILES string of the molecule is O=C(O)CCC(=O)NCc1cccc(-c2cccc(C3OC(CN4CCN(Cc5ccccc5)CC4)CC(c4ccc(CO)cc4)O3)c2)c1. The third kappa shape index (κ3) is 9.84. The van der Waals surface area contributed by atoms with Crippen LogP contribution in [0.15, 0.2) is 103 Å². The van der Waals surface area contributed by atoms with Gasteiger partial charge in [-0.05, 0) is 45.5 Å².